The number of nitrogens with one attached hydrogen (secondary N) is 1. The number of fused-ring (bicyclic) bond motifs is 1. The minimum Gasteiger partial charge on any atom is -0.381 e. The number of aryl methyl sites for hydroxylation is 1. The molecule has 0 saturated carbocycles. The number of carbonyl (C=O) groups is 1. The first-order chi connectivity index (χ1) is 12.8. The summed E-state index contributed by atoms with van der Waals surface area (Å²) in [6.45, 7) is 2.23. The van der Waals surface area contributed by atoms with Crippen molar-refractivity contribution in [2.45, 2.75) is 43.4 Å². The second-order valence-corrected chi connectivity index (χ2v) is 7.67. The van der Waals surface area contributed by atoms with E-state index in [0.29, 0.717) is 18.9 Å². The van der Waals surface area contributed by atoms with Gasteiger partial charge in [0.05, 0.1) is 0 Å². The van der Waals surface area contributed by atoms with Crippen molar-refractivity contribution in [1.82, 2.24) is 5.32 Å². The lowest BCUT2D eigenvalue weighted by molar-refractivity contribution is -0.122. The van der Waals surface area contributed by atoms with Crippen LogP contribution < -0.4 is 5.32 Å². The molecule has 2 aromatic carbocycles. The highest BCUT2D eigenvalue weighted by atomic mass is 16.5. The quantitative estimate of drug-likeness (QED) is 0.887. The molecule has 0 aromatic heterocycles. The van der Waals surface area contributed by atoms with Crippen molar-refractivity contribution < 1.29 is 9.53 Å². The standard InChI is InChI=1S/C23H27NO2/c25-22(16-19-11-10-18-6-4-5-9-21(18)19)24-17-23(12-14-26-15-13-23)20-7-2-1-3-8-20/h1-9,19H,10-17H2,(H,24,25)/t19-/m0/s1. The minimum atomic E-state index is 0.00273. The van der Waals surface area contributed by atoms with Crippen LogP contribution in [0.5, 0.6) is 0 Å². The molecule has 4 rings (SSSR count). The second kappa shape index (κ2) is 7.63. The summed E-state index contributed by atoms with van der Waals surface area (Å²) in [6, 6.07) is 19.1. The van der Waals surface area contributed by atoms with E-state index >= 15 is 0 Å². The summed E-state index contributed by atoms with van der Waals surface area (Å²) in [6.07, 6.45) is 4.70. The second-order valence-electron chi connectivity index (χ2n) is 7.67. The highest BCUT2D eigenvalue weighted by Crippen LogP contribution is 2.36. The van der Waals surface area contributed by atoms with E-state index in [2.05, 4.69) is 53.8 Å². The maximum absolute atomic E-state index is 12.7. The van der Waals surface area contributed by atoms with Gasteiger partial charge in [0, 0.05) is 31.6 Å². The number of rotatable bonds is 5. The topological polar surface area (TPSA) is 38.3 Å². The van der Waals surface area contributed by atoms with Crippen LogP contribution in [-0.4, -0.2) is 25.7 Å². The molecule has 0 bridgehead atoms. The van der Waals surface area contributed by atoms with E-state index in [1.54, 1.807) is 0 Å². The molecule has 3 nitrogen and oxygen atoms in total. The average Bonchev–Trinajstić information content (AvgIpc) is 3.11. The first kappa shape index (κ1) is 17.3. The Morgan fingerprint density at radius 1 is 1.04 bits per heavy atom. The Bertz CT molecular complexity index is 750. The summed E-state index contributed by atoms with van der Waals surface area (Å²) in [5.41, 5.74) is 4.10. The number of carbonyl (C=O) groups excluding carboxylic acids is 1. The zero-order valence-corrected chi connectivity index (χ0v) is 15.2. The van der Waals surface area contributed by atoms with Gasteiger partial charge in [0.2, 0.25) is 5.91 Å². The molecule has 0 spiro atoms. The molecule has 1 saturated heterocycles. The first-order valence-corrected chi connectivity index (χ1v) is 9.75. The molecule has 1 amide bonds. The van der Waals surface area contributed by atoms with Crippen molar-refractivity contribution in [1.29, 1.82) is 0 Å². The van der Waals surface area contributed by atoms with Crippen molar-refractivity contribution in [3.63, 3.8) is 0 Å². The van der Waals surface area contributed by atoms with Crippen LogP contribution in [0.15, 0.2) is 54.6 Å². The Morgan fingerprint density at radius 3 is 2.58 bits per heavy atom. The van der Waals surface area contributed by atoms with Crippen molar-refractivity contribution in [2.24, 2.45) is 0 Å². The van der Waals surface area contributed by atoms with E-state index in [4.69, 9.17) is 4.74 Å². The number of ether oxygens (including phenoxy) is 1. The number of benzene rings is 2. The van der Waals surface area contributed by atoms with Gasteiger partial charge in [-0.1, -0.05) is 54.6 Å². The predicted molar refractivity (Wildman–Crippen MR) is 103 cm³/mol. The maximum atomic E-state index is 12.7. The predicted octanol–water partition coefficient (Wildman–Crippen LogP) is 3.97. The third kappa shape index (κ3) is 3.54. The number of hydrogen-bond acceptors (Lipinski definition) is 2. The smallest absolute Gasteiger partial charge is 0.220 e. The summed E-state index contributed by atoms with van der Waals surface area (Å²) in [5.74, 6) is 0.544. The zero-order valence-electron chi connectivity index (χ0n) is 15.2. The first-order valence-electron chi connectivity index (χ1n) is 9.75. The van der Waals surface area contributed by atoms with Gasteiger partial charge >= 0.3 is 0 Å². The molecule has 1 N–H and O–H groups in total. The molecule has 3 heteroatoms. The van der Waals surface area contributed by atoms with Gasteiger partial charge in [-0.3, -0.25) is 4.79 Å². The van der Waals surface area contributed by atoms with Crippen LogP contribution in [0.25, 0.3) is 0 Å². The molecule has 1 fully saturated rings. The molecule has 1 aliphatic carbocycles. The van der Waals surface area contributed by atoms with E-state index in [9.17, 15) is 4.79 Å². The number of amides is 1. The maximum Gasteiger partial charge on any atom is 0.220 e. The van der Waals surface area contributed by atoms with E-state index in [1.807, 2.05) is 6.07 Å². The highest BCUT2D eigenvalue weighted by Gasteiger charge is 2.35. The van der Waals surface area contributed by atoms with Gasteiger partial charge < -0.3 is 10.1 Å². The molecule has 2 aromatic rings. The van der Waals surface area contributed by atoms with Gasteiger partial charge in [-0.15, -0.1) is 0 Å². The lowest BCUT2D eigenvalue weighted by Gasteiger charge is -2.38. The Hall–Kier alpha value is -2.13. The van der Waals surface area contributed by atoms with Gasteiger partial charge in [0.1, 0.15) is 0 Å². The third-order valence-electron chi connectivity index (χ3n) is 6.15. The SMILES string of the molecule is O=C(C[C@@H]1CCc2ccccc21)NCC1(c2ccccc2)CCOCC1. The summed E-state index contributed by atoms with van der Waals surface area (Å²) >= 11 is 0. The van der Waals surface area contributed by atoms with Crippen LogP contribution in [-0.2, 0) is 21.4 Å². The molecule has 2 aliphatic rings. The summed E-state index contributed by atoms with van der Waals surface area (Å²) in [4.78, 5) is 12.7. The highest BCUT2D eigenvalue weighted by molar-refractivity contribution is 5.77. The van der Waals surface area contributed by atoms with Gasteiger partial charge in [-0.2, -0.15) is 0 Å². The zero-order chi connectivity index (χ0) is 17.8. The molecular weight excluding hydrogens is 322 g/mol. The van der Waals surface area contributed by atoms with Gasteiger partial charge in [0.25, 0.3) is 0 Å². The molecule has 136 valence electrons. The summed E-state index contributed by atoms with van der Waals surface area (Å²) in [7, 11) is 0. The van der Waals surface area contributed by atoms with Crippen LogP contribution in [0.2, 0.25) is 0 Å². The van der Waals surface area contributed by atoms with Crippen molar-refractivity contribution in [3.8, 4) is 0 Å². The van der Waals surface area contributed by atoms with Gasteiger partial charge in [-0.05, 0) is 48.3 Å². The van der Waals surface area contributed by atoms with Crippen LogP contribution in [0.1, 0.15) is 48.3 Å². The Balaban J connectivity index is 1.41. The van der Waals surface area contributed by atoms with E-state index in [0.717, 1.165) is 38.9 Å². The Kier molecular flexibility index (Phi) is 5.07. The van der Waals surface area contributed by atoms with E-state index < -0.39 is 0 Å². The molecule has 1 heterocycles. The van der Waals surface area contributed by atoms with Gasteiger partial charge in [-0.25, -0.2) is 0 Å². The fourth-order valence-corrected chi connectivity index (χ4v) is 4.54. The van der Waals surface area contributed by atoms with Crippen molar-refractivity contribution >= 4 is 5.91 Å². The van der Waals surface area contributed by atoms with Crippen molar-refractivity contribution in [3.05, 3.63) is 71.3 Å². The van der Waals surface area contributed by atoms with E-state index in [1.165, 1.54) is 16.7 Å². The molecule has 0 unspecified atom stereocenters. The fraction of sp³-hybridized carbons (Fsp3) is 0.435. The normalized spacial score (nSPS) is 21.2. The summed E-state index contributed by atoms with van der Waals surface area (Å²) < 4.78 is 5.59. The molecule has 1 atom stereocenters. The molecule has 0 radical (unpaired) electrons. The van der Waals surface area contributed by atoms with Crippen LogP contribution >= 0.6 is 0 Å². The lowest BCUT2D eigenvalue weighted by atomic mass is 9.74. The Labute approximate surface area is 155 Å². The number of hydrogen-bond donors (Lipinski definition) is 1. The molecule has 1 aliphatic heterocycles. The van der Waals surface area contributed by atoms with Crippen LogP contribution in [0.3, 0.4) is 0 Å². The van der Waals surface area contributed by atoms with Crippen LogP contribution in [0, 0.1) is 0 Å². The van der Waals surface area contributed by atoms with Gasteiger partial charge in [0.15, 0.2) is 0 Å². The monoisotopic (exact) mass is 349 g/mol. The fourth-order valence-electron chi connectivity index (χ4n) is 4.54. The molecular formula is C23H27NO2. The van der Waals surface area contributed by atoms with E-state index in [-0.39, 0.29) is 11.3 Å². The van der Waals surface area contributed by atoms with Crippen LogP contribution in [0.4, 0.5) is 0 Å². The third-order valence-corrected chi connectivity index (χ3v) is 6.15. The summed E-state index contributed by atoms with van der Waals surface area (Å²) in [5, 5.41) is 3.25. The molecule has 26 heavy (non-hydrogen) atoms. The minimum absolute atomic E-state index is 0.00273. The average molecular weight is 349 g/mol. The lowest BCUT2D eigenvalue weighted by Crippen LogP contribution is -2.44. The Morgan fingerprint density at radius 2 is 1.77 bits per heavy atom. The van der Waals surface area contributed by atoms with Crippen molar-refractivity contribution in [2.75, 3.05) is 19.8 Å². The largest absolute Gasteiger partial charge is 0.381 e.